The molecule has 4 heteroatoms. The molecule has 0 bridgehead atoms. The van der Waals surface area contributed by atoms with Gasteiger partial charge in [0.2, 0.25) is 5.75 Å². The average Bonchev–Trinajstić information content (AvgIpc) is 2.04. The predicted octanol–water partition coefficient (Wildman–Crippen LogP) is -0.289. The van der Waals surface area contributed by atoms with Crippen LogP contribution in [-0.4, -0.2) is 6.21 Å². The zero-order valence-corrected chi connectivity index (χ0v) is 5.65. The number of hydrogen-bond acceptors (Lipinski definition) is 3. The largest absolute Gasteiger partial charge is 0.563 e. The van der Waals surface area contributed by atoms with E-state index in [-0.39, 0.29) is 0 Å². The fourth-order valence-corrected chi connectivity index (χ4v) is 0.923. The van der Waals surface area contributed by atoms with Crippen LogP contribution in [0, 0.1) is 5.21 Å². The van der Waals surface area contributed by atoms with Gasteiger partial charge in [-0.05, 0) is 17.2 Å². The third-order valence-corrected chi connectivity index (χ3v) is 1.43. The Labute approximate surface area is 63.2 Å². The molecule has 0 spiro atoms. The Morgan fingerprint density at radius 2 is 2.18 bits per heavy atom. The Morgan fingerprint density at radius 3 is 3.09 bits per heavy atom. The Kier molecular flexibility index (Phi) is 1.34. The van der Waals surface area contributed by atoms with E-state index in [0.717, 1.165) is 5.56 Å². The van der Waals surface area contributed by atoms with E-state index in [2.05, 4.69) is 5.10 Å². The van der Waals surface area contributed by atoms with Crippen molar-refractivity contribution in [2.75, 3.05) is 0 Å². The Morgan fingerprint density at radius 1 is 1.36 bits per heavy atom. The highest BCUT2D eigenvalue weighted by Crippen LogP contribution is 2.14. The maximum atomic E-state index is 10.6. The van der Waals surface area contributed by atoms with Crippen molar-refractivity contribution >= 4 is 6.21 Å². The summed E-state index contributed by atoms with van der Waals surface area (Å²) in [6, 6.07) is 7.25. The Balaban J connectivity index is 2.46. The molecular weight excluding hydrogens is 144 g/mol. The van der Waals surface area contributed by atoms with Gasteiger partial charge in [-0.15, -0.1) is 0 Å². The highest BCUT2D eigenvalue weighted by Gasteiger charge is 2.09. The van der Waals surface area contributed by atoms with Crippen LogP contribution in [0.4, 0.5) is 0 Å². The first kappa shape index (κ1) is 6.33. The summed E-state index contributed by atoms with van der Waals surface area (Å²) < 4.78 is 0. The molecule has 1 aromatic rings. The summed E-state index contributed by atoms with van der Waals surface area (Å²) in [6.45, 7) is 0. The summed E-state index contributed by atoms with van der Waals surface area (Å²) in [4.78, 5) is 4.79. The van der Waals surface area contributed by atoms with E-state index in [1.54, 1.807) is 6.07 Å². The smallest absolute Gasteiger partial charge is 0.203 e. The first-order chi connectivity index (χ1) is 5.36. The second-order valence-electron chi connectivity index (χ2n) is 2.16. The van der Waals surface area contributed by atoms with Gasteiger partial charge in [0.1, 0.15) is 0 Å². The lowest BCUT2D eigenvalue weighted by Gasteiger charge is -2.17. The van der Waals surface area contributed by atoms with Gasteiger partial charge in [0, 0.05) is 5.56 Å². The van der Waals surface area contributed by atoms with Gasteiger partial charge in [-0.1, -0.05) is 17.5 Å². The van der Waals surface area contributed by atoms with Crippen LogP contribution in [0.15, 0.2) is 29.4 Å². The predicted molar refractivity (Wildman–Crippen MR) is 39.0 cm³/mol. The minimum Gasteiger partial charge on any atom is -0.563 e. The van der Waals surface area contributed by atoms with Crippen molar-refractivity contribution in [3.8, 4) is 5.75 Å². The fraction of sp³-hybridized carbons (Fsp3) is 0. The molecule has 1 aliphatic rings. The number of benzene rings is 1. The van der Waals surface area contributed by atoms with E-state index in [9.17, 15) is 5.21 Å². The molecule has 1 atom stereocenters. The number of nitrogens with zero attached hydrogens (tertiary/aromatic N) is 1. The number of para-hydroxylation sites is 1. The number of rotatable bonds is 0. The van der Waals surface area contributed by atoms with Crippen LogP contribution in [0.3, 0.4) is 0 Å². The van der Waals surface area contributed by atoms with Crippen LogP contribution in [0.5, 0.6) is 5.75 Å². The van der Waals surface area contributed by atoms with Gasteiger partial charge in [0.15, 0.2) is 0 Å². The molecule has 0 amide bonds. The quantitative estimate of drug-likeness (QED) is 0.516. The normalized spacial score (nSPS) is 20.6. The van der Waals surface area contributed by atoms with Gasteiger partial charge in [-0.25, -0.2) is 0 Å². The number of fused-ring (bicyclic) bond motifs is 1. The molecule has 0 saturated heterocycles. The summed E-state index contributed by atoms with van der Waals surface area (Å²) in [5.41, 5.74) is 0.840. The number of nitrogens with one attached hydrogen (secondary N) is 1. The molecule has 4 nitrogen and oxygen atoms in total. The molecule has 56 valence electrons. The van der Waals surface area contributed by atoms with E-state index in [1.807, 2.05) is 18.2 Å². The zero-order valence-electron chi connectivity index (χ0n) is 5.65. The summed E-state index contributed by atoms with van der Waals surface area (Å²) >= 11 is 0. The SMILES string of the molecule is [O-][NH+]1N=Cc2ccccc2O1. The minimum atomic E-state index is -0.552. The average molecular weight is 150 g/mol. The molecule has 1 aliphatic heterocycles. The molecule has 0 aliphatic carbocycles. The van der Waals surface area contributed by atoms with E-state index >= 15 is 0 Å². The molecule has 11 heavy (non-hydrogen) atoms. The fourth-order valence-electron chi connectivity index (χ4n) is 0.923. The van der Waals surface area contributed by atoms with Crippen molar-refractivity contribution < 1.29 is 10.2 Å². The summed E-state index contributed by atoms with van der Waals surface area (Å²) in [5.74, 6) is 0.576. The van der Waals surface area contributed by atoms with Crippen LogP contribution in [0.25, 0.3) is 0 Å². The second kappa shape index (κ2) is 2.34. The molecule has 0 saturated carbocycles. The molecule has 1 N–H and O–H groups in total. The molecule has 2 rings (SSSR count). The van der Waals surface area contributed by atoms with Crippen molar-refractivity contribution in [2.45, 2.75) is 0 Å². The van der Waals surface area contributed by atoms with Crippen molar-refractivity contribution in [3.63, 3.8) is 0 Å². The molecule has 1 heterocycles. The third kappa shape index (κ3) is 1.09. The first-order valence-electron chi connectivity index (χ1n) is 3.21. The maximum Gasteiger partial charge on any atom is 0.203 e. The Bertz CT molecular complexity index is 298. The van der Waals surface area contributed by atoms with Crippen LogP contribution < -0.4 is 10.2 Å². The number of quaternary nitrogens is 1. The van der Waals surface area contributed by atoms with E-state index in [1.165, 1.54) is 6.21 Å². The van der Waals surface area contributed by atoms with Crippen LogP contribution in [0.1, 0.15) is 5.56 Å². The first-order valence-corrected chi connectivity index (χ1v) is 3.21. The Hall–Kier alpha value is -1.39. The molecule has 0 aromatic heterocycles. The van der Waals surface area contributed by atoms with Gasteiger partial charge >= 0.3 is 0 Å². The van der Waals surface area contributed by atoms with Gasteiger partial charge < -0.3 is 5.21 Å². The zero-order chi connectivity index (χ0) is 7.68. The lowest BCUT2D eigenvalue weighted by atomic mass is 10.2. The van der Waals surface area contributed by atoms with Crippen molar-refractivity contribution in [2.24, 2.45) is 5.10 Å². The topological polar surface area (TPSA) is 49.1 Å². The third-order valence-electron chi connectivity index (χ3n) is 1.43. The molecule has 0 radical (unpaired) electrons. The highest BCUT2D eigenvalue weighted by molar-refractivity contribution is 5.83. The van der Waals surface area contributed by atoms with Crippen molar-refractivity contribution in [3.05, 3.63) is 35.0 Å². The van der Waals surface area contributed by atoms with Crippen molar-refractivity contribution in [1.29, 1.82) is 0 Å². The standard InChI is InChI=1S/C7H6N2O2/c10-9-8-5-6-3-1-2-4-7(6)11-9/h1-5,9H. The van der Waals surface area contributed by atoms with Gasteiger partial charge in [0.05, 0.1) is 6.21 Å². The molecular formula is C7H6N2O2. The monoisotopic (exact) mass is 150 g/mol. The van der Waals surface area contributed by atoms with Crippen LogP contribution >= 0.6 is 0 Å². The van der Waals surface area contributed by atoms with E-state index < -0.39 is 5.34 Å². The summed E-state index contributed by atoms with van der Waals surface area (Å²) in [7, 11) is 0. The van der Waals surface area contributed by atoms with Crippen LogP contribution in [-0.2, 0) is 0 Å². The molecule has 1 aromatic carbocycles. The molecule has 0 fully saturated rings. The van der Waals surface area contributed by atoms with Crippen molar-refractivity contribution in [1.82, 2.24) is 0 Å². The highest BCUT2D eigenvalue weighted by atomic mass is 16.9. The molecule has 1 unspecified atom stereocenters. The second-order valence-corrected chi connectivity index (χ2v) is 2.16. The summed E-state index contributed by atoms with van der Waals surface area (Å²) in [5, 5.41) is 13.5. The lowest BCUT2D eigenvalue weighted by molar-refractivity contribution is -1.03. The minimum absolute atomic E-state index is 0.552. The lowest BCUT2D eigenvalue weighted by Crippen LogP contribution is -3.05. The van der Waals surface area contributed by atoms with E-state index in [0.29, 0.717) is 5.75 Å². The van der Waals surface area contributed by atoms with Gasteiger partial charge in [-0.3, -0.25) is 4.84 Å². The van der Waals surface area contributed by atoms with E-state index in [4.69, 9.17) is 4.84 Å². The maximum absolute atomic E-state index is 10.6. The van der Waals surface area contributed by atoms with Gasteiger partial charge in [0.25, 0.3) is 0 Å². The number of hydrogen-bond donors (Lipinski definition) is 1. The summed E-state index contributed by atoms with van der Waals surface area (Å²) in [6.07, 6.45) is 1.50. The van der Waals surface area contributed by atoms with Crippen LogP contribution in [0.2, 0.25) is 0 Å². The van der Waals surface area contributed by atoms with Gasteiger partial charge in [-0.2, -0.15) is 0 Å².